The van der Waals surface area contributed by atoms with E-state index in [-0.39, 0.29) is 16.1 Å². The molecule has 2 aromatic rings. The van der Waals surface area contributed by atoms with Gasteiger partial charge in [-0.1, -0.05) is 57.7 Å². The minimum absolute atomic E-state index is 0.0323. The first-order valence-corrected chi connectivity index (χ1v) is 9.78. The smallest absolute Gasteiger partial charge is 0.353 e. The molecule has 1 fully saturated rings. The van der Waals surface area contributed by atoms with Gasteiger partial charge < -0.3 is 9.52 Å². The fraction of sp³-hybridized carbons (Fsp3) is 0.476. The van der Waals surface area contributed by atoms with Gasteiger partial charge in [-0.05, 0) is 42.7 Å². The molecule has 1 aromatic carbocycles. The molecule has 0 amide bonds. The van der Waals surface area contributed by atoms with Gasteiger partial charge in [0.2, 0.25) is 0 Å². The van der Waals surface area contributed by atoms with Crippen molar-refractivity contribution in [1.82, 2.24) is 0 Å². The topological polar surface area (TPSA) is 50.4 Å². The lowest BCUT2D eigenvalue weighted by molar-refractivity contribution is 0.348. The molecule has 25 heavy (non-hydrogen) atoms. The number of aromatic hydroxyl groups is 1. The first-order valence-electron chi connectivity index (χ1n) is 8.97. The van der Waals surface area contributed by atoms with Gasteiger partial charge in [0, 0.05) is 16.4 Å². The highest BCUT2D eigenvalue weighted by Gasteiger charge is 2.47. The van der Waals surface area contributed by atoms with E-state index in [1.165, 1.54) is 11.8 Å². The minimum atomic E-state index is -0.436. The predicted octanol–water partition coefficient (Wildman–Crippen LogP) is 5.70. The molecular formula is C21H26O3S. The van der Waals surface area contributed by atoms with Crippen molar-refractivity contribution in [2.75, 3.05) is 0 Å². The highest BCUT2D eigenvalue weighted by Crippen LogP contribution is 2.53. The fourth-order valence-corrected chi connectivity index (χ4v) is 4.55. The SMILES string of the molecule is CC(C)CC1(c2cc(O)c(Sc3ccccc3C(C)C)c(=O)o2)CC1. The first kappa shape index (κ1) is 18.1. The second kappa shape index (κ2) is 6.91. The molecule has 0 saturated heterocycles. The normalized spacial score (nSPS) is 15.8. The Bertz CT molecular complexity index is 816. The van der Waals surface area contributed by atoms with Gasteiger partial charge in [-0.15, -0.1) is 0 Å². The molecule has 1 N–H and O–H groups in total. The van der Waals surface area contributed by atoms with E-state index in [0.29, 0.717) is 17.6 Å². The van der Waals surface area contributed by atoms with Crippen LogP contribution in [0.15, 0.2) is 49.3 Å². The largest absolute Gasteiger partial charge is 0.506 e. The van der Waals surface area contributed by atoms with Crippen LogP contribution in [0.5, 0.6) is 5.75 Å². The highest BCUT2D eigenvalue weighted by molar-refractivity contribution is 7.99. The lowest BCUT2D eigenvalue weighted by Gasteiger charge is -2.17. The Morgan fingerprint density at radius 1 is 1.20 bits per heavy atom. The Hall–Kier alpha value is -1.68. The molecule has 1 saturated carbocycles. The van der Waals surface area contributed by atoms with E-state index in [4.69, 9.17) is 4.42 Å². The lowest BCUT2D eigenvalue weighted by Crippen LogP contribution is -2.14. The summed E-state index contributed by atoms with van der Waals surface area (Å²) in [7, 11) is 0. The summed E-state index contributed by atoms with van der Waals surface area (Å²) < 4.78 is 5.65. The molecule has 3 rings (SSSR count). The van der Waals surface area contributed by atoms with Crippen molar-refractivity contribution in [3.05, 3.63) is 52.1 Å². The van der Waals surface area contributed by atoms with Crippen LogP contribution in [0, 0.1) is 5.92 Å². The molecule has 0 unspecified atom stereocenters. The van der Waals surface area contributed by atoms with E-state index in [9.17, 15) is 9.90 Å². The monoisotopic (exact) mass is 358 g/mol. The lowest BCUT2D eigenvalue weighted by atomic mass is 9.91. The van der Waals surface area contributed by atoms with Gasteiger partial charge in [-0.2, -0.15) is 0 Å². The summed E-state index contributed by atoms with van der Waals surface area (Å²) in [6, 6.07) is 9.64. The molecule has 0 radical (unpaired) electrons. The van der Waals surface area contributed by atoms with Crippen LogP contribution in [0.2, 0.25) is 0 Å². The number of hydrogen-bond donors (Lipinski definition) is 1. The van der Waals surface area contributed by atoms with Crippen molar-refractivity contribution in [3.8, 4) is 5.75 Å². The summed E-state index contributed by atoms with van der Waals surface area (Å²) in [5, 5.41) is 10.5. The molecule has 0 spiro atoms. The summed E-state index contributed by atoms with van der Waals surface area (Å²) in [6.07, 6.45) is 3.03. The van der Waals surface area contributed by atoms with Gasteiger partial charge in [0.15, 0.2) is 0 Å². The van der Waals surface area contributed by atoms with E-state index in [0.717, 1.165) is 29.7 Å². The molecular weight excluding hydrogens is 332 g/mol. The maximum atomic E-state index is 12.6. The summed E-state index contributed by atoms with van der Waals surface area (Å²) >= 11 is 1.29. The van der Waals surface area contributed by atoms with Gasteiger partial charge in [0.05, 0.1) is 0 Å². The van der Waals surface area contributed by atoms with Crippen molar-refractivity contribution in [1.29, 1.82) is 0 Å². The fourth-order valence-electron chi connectivity index (χ4n) is 3.47. The molecule has 1 aliphatic carbocycles. The first-order chi connectivity index (χ1) is 11.8. The van der Waals surface area contributed by atoms with Gasteiger partial charge in [0.1, 0.15) is 16.4 Å². The maximum absolute atomic E-state index is 12.6. The Labute approximate surface area is 153 Å². The van der Waals surface area contributed by atoms with Crippen LogP contribution >= 0.6 is 11.8 Å². The standard InChI is InChI=1S/C21H26O3S/c1-13(2)12-21(9-10-21)18-11-16(22)19(20(23)24-18)25-17-8-6-5-7-15(17)14(3)4/h5-8,11,13-14,22H,9-10,12H2,1-4H3. The third kappa shape index (κ3) is 3.79. The quantitative estimate of drug-likeness (QED) is 0.720. The zero-order valence-electron chi connectivity index (χ0n) is 15.3. The van der Waals surface area contributed by atoms with Crippen LogP contribution in [0.3, 0.4) is 0 Å². The summed E-state index contributed by atoms with van der Waals surface area (Å²) in [5.74, 6) is 1.55. The molecule has 1 aromatic heterocycles. The predicted molar refractivity (Wildman–Crippen MR) is 102 cm³/mol. The minimum Gasteiger partial charge on any atom is -0.506 e. The zero-order valence-corrected chi connectivity index (χ0v) is 16.2. The van der Waals surface area contributed by atoms with Crippen LogP contribution in [0.25, 0.3) is 0 Å². The Balaban J connectivity index is 1.94. The number of rotatable bonds is 6. The van der Waals surface area contributed by atoms with Crippen LogP contribution in [0.1, 0.15) is 64.2 Å². The summed E-state index contributed by atoms with van der Waals surface area (Å²) in [5.41, 5.74) is 0.673. The average molecular weight is 359 g/mol. The van der Waals surface area contributed by atoms with E-state index >= 15 is 0 Å². The van der Waals surface area contributed by atoms with Crippen LogP contribution in [0.4, 0.5) is 0 Å². The maximum Gasteiger partial charge on any atom is 0.353 e. The van der Waals surface area contributed by atoms with Crippen molar-refractivity contribution >= 4 is 11.8 Å². The van der Waals surface area contributed by atoms with Gasteiger partial charge in [-0.3, -0.25) is 0 Å². The Morgan fingerprint density at radius 2 is 1.88 bits per heavy atom. The third-order valence-electron chi connectivity index (χ3n) is 4.82. The van der Waals surface area contributed by atoms with Crippen molar-refractivity contribution in [2.24, 2.45) is 5.92 Å². The third-order valence-corrected chi connectivity index (χ3v) is 5.99. The molecule has 1 aliphatic rings. The summed E-state index contributed by atoms with van der Waals surface area (Å²) in [4.78, 5) is 13.8. The summed E-state index contributed by atoms with van der Waals surface area (Å²) in [6.45, 7) is 8.58. The molecule has 0 aliphatic heterocycles. The van der Waals surface area contributed by atoms with E-state index < -0.39 is 5.63 Å². The Morgan fingerprint density at radius 3 is 2.44 bits per heavy atom. The van der Waals surface area contributed by atoms with Crippen molar-refractivity contribution in [2.45, 2.75) is 68.1 Å². The zero-order chi connectivity index (χ0) is 18.2. The van der Waals surface area contributed by atoms with E-state index in [1.54, 1.807) is 6.07 Å². The van der Waals surface area contributed by atoms with Crippen LogP contribution in [-0.2, 0) is 5.41 Å². The highest BCUT2D eigenvalue weighted by atomic mass is 32.2. The van der Waals surface area contributed by atoms with Gasteiger partial charge in [-0.25, -0.2) is 4.79 Å². The van der Waals surface area contributed by atoms with E-state index in [2.05, 4.69) is 33.8 Å². The van der Waals surface area contributed by atoms with Crippen LogP contribution in [-0.4, -0.2) is 5.11 Å². The van der Waals surface area contributed by atoms with Crippen molar-refractivity contribution in [3.63, 3.8) is 0 Å². The molecule has 134 valence electrons. The number of benzene rings is 1. The van der Waals surface area contributed by atoms with Crippen molar-refractivity contribution < 1.29 is 9.52 Å². The van der Waals surface area contributed by atoms with Crippen LogP contribution < -0.4 is 5.63 Å². The second-order valence-corrected chi connectivity index (χ2v) is 8.84. The molecule has 3 nitrogen and oxygen atoms in total. The van der Waals surface area contributed by atoms with E-state index in [1.807, 2.05) is 18.2 Å². The molecule has 4 heteroatoms. The Kier molecular flexibility index (Phi) is 5.01. The van der Waals surface area contributed by atoms with Gasteiger partial charge >= 0.3 is 5.63 Å². The van der Waals surface area contributed by atoms with Gasteiger partial charge in [0.25, 0.3) is 0 Å². The molecule has 0 atom stereocenters. The number of hydrogen-bond acceptors (Lipinski definition) is 4. The average Bonchev–Trinajstić information content (AvgIpc) is 3.31. The molecule has 0 bridgehead atoms. The molecule has 1 heterocycles. The second-order valence-electron chi connectivity index (χ2n) is 7.79.